The molecule has 3 aliphatic carbocycles. The highest BCUT2D eigenvalue weighted by Crippen LogP contribution is 2.50. The number of fused-ring (bicyclic) bond motifs is 1. The summed E-state index contributed by atoms with van der Waals surface area (Å²) in [6.07, 6.45) is 16.2. The monoisotopic (exact) mass is 349 g/mol. The van der Waals surface area contributed by atoms with Crippen LogP contribution in [0.25, 0.3) is 0 Å². The molecule has 4 unspecified atom stereocenters. The Morgan fingerprint density at radius 3 is 2.00 bits per heavy atom. The molecule has 0 spiro atoms. The third kappa shape index (κ3) is 3.85. The van der Waals surface area contributed by atoms with E-state index in [1.165, 1.54) is 76.2 Å². The van der Waals surface area contributed by atoms with Crippen LogP contribution in [-0.4, -0.2) is 0 Å². The molecule has 0 saturated heterocycles. The highest BCUT2D eigenvalue weighted by Gasteiger charge is 2.38. The zero-order valence-corrected chi connectivity index (χ0v) is 16.5. The van der Waals surface area contributed by atoms with Gasteiger partial charge in [-0.15, -0.1) is 0 Å². The van der Waals surface area contributed by atoms with Crippen molar-refractivity contribution in [3.63, 3.8) is 0 Å². The Balaban J connectivity index is 1.32. The van der Waals surface area contributed by atoms with Crippen LogP contribution in [0.4, 0.5) is 0 Å². The summed E-state index contributed by atoms with van der Waals surface area (Å²) >= 11 is 0. The standard InChI is InChI=1S/C25H35N/c1-2-18-3-7-20(8-4-18)22-11-13-25-16-23(12-14-24(25)15-22)21-9-5-19(17-26)6-10-21/h5-6,9-10,18,20,22-25H,2-4,7-8,11-16H2,1H3. The smallest absolute Gasteiger partial charge is 0.0991 e. The minimum atomic E-state index is 0.737. The molecule has 4 atom stereocenters. The lowest BCUT2D eigenvalue weighted by Crippen LogP contribution is -2.34. The predicted octanol–water partition coefficient (Wildman–Crippen LogP) is 7.07. The van der Waals surface area contributed by atoms with Crippen LogP contribution < -0.4 is 0 Å². The SMILES string of the molecule is CCC1CCC(C2CCC3CC(c4ccc(C#N)cc4)CCC3C2)CC1. The second kappa shape index (κ2) is 8.16. The van der Waals surface area contributed by atoms with Gasteiger partial charge >= 0.3 is 0 Å². The number of hydrogen-bond acceptors (Lipinski definition) is 1. The van der Waals surface area contributed by atoms with E-state index >= 15 is 0 Å². The first-order valence-electron chi connectivity index (χ1n) is 11.3. The largest absolute Gasteiger partial charge is 0.192 e. The Morgan fingerprint density at radius 1 is 0.769 bits per heavy atom. The maximum Gasteiger partial charge on any atom is 0.0991 e. The van der Waals surface area contributed by atoms with Gasteiger partial charge in [0.15, 0.2) is 0 Å². The van der Waals surface area contributed by atoms with Crippen molar-refractivity contribution < 1.29 is 0 Å². The molecule has 0 aliphatic heterocycles. The quantitative estimate of drug-likeness (QED) is 0.572. The van der Waals surface area contributed by atoms with E-state index in [0.717, 1.165) is 41.1 Å². The number of nitrogens with zero attached hydrogens (tertiary/aromatic N) is 1. The lowest BCUT2D eigenvalue weighted by molar-refractivity contribution is 0.0716. The maximum absolute atomic E-state index is 9.00. The van der Waals surface area contributed by atoms with Gasteiger partial charge in [-0.05, 0) is 105 Å². The van der Waals surface area contributed by atoms with Crippen molar-refractivity contribution in [1.82, 2.24) is 0 Å². The fraction of sp³-hybridized carbons (Fsp3) is 0.720. The van der Waals surface area contributed by atoms with Gasteiger partial charge in [0.2, 0.25) is 0 Å². The average Bonchev–Trinajstić information content (AvgIpc) is 2.73. The molecule has 3 fully saturated rings. The van der Waals surface area contributed by atoms with Crippen molar-refractivity contribution in [1.29, 1.82) is 5.26 Å². The summed E-state index contributed by atoms with van der Waals surface area (Å²) in [5.41, 5.74) is 2.27. The van der Waals surface area contributed by atoms with Gasteiger partial charge in [-0.2, -0.15) is 5.26 Å². The molecule has 3 saturated carbocycles. The Morgan fingerprint density at radius 2 is 1.35 bits per heavy atom. The second-order valence-corrected chi connectivity index (χ2v) is 9.53. The van der Waals surface area contributed by atoms with Crippen LogP contribution in [0.2, 0.25) is 0 Å². The molecule has 26 heavy (non-hydrogen) atoms. The number of rotatable bonds is 3. The molecule has 1 nitrogen and oxygen atoms in total. The predicted molar refractivity (Wildman–Crippen MR) is 108 cm³/mol. The van der Waals surface area contributed by atoms with Crippen LogP contribution in [0.5, 0.6) is 0 Å². The van der Waals surface area contributed by atoms with E-state index in [1.54, 1.807) is 0 Å². The molecule has 0 amide bonds. The summed E-state index contributed by atoms with van der Waals surface area (Å²) in [5.74, 6) is 5.83. The van der Waals surface area contributed by atoms with Crippen molar-refractivity contribution in [3.05, 3.63) is 35.4 Å². The second-order valence-electron chi connectivity index (χ2n) is 9.53. The molecule has 0 heterocycles. The zero-order chi connectivity index (χ0) is 17.9. The number of hydrogen-bond donors (Lipinski definition) is 0. The number of nitriles is 1. The molecule has 1 heteroatoms. The Labute approximate surface area is 160 Å². The lowest BCUT2D eigenvalue weighted by atomic mass is 9.60. The van der Waals surface area contributed by atoms with Crippen LogP contribution >= 0.6 is 0 Å². The van der Waals surface area contributed by atoms with E-state index in [1.807, 2.05) is 12.1 Å². The molecule has 0 radical (unpaired) electrons. The molecule has 1 aromatic carbocycles. The van der Waals surface area contributed by atoms with E-state index in [0.29, 0.717) is 0 Å². The van der Waals surface area contributed by atoms with Crippen molar-refractivity contribution >= 4 is 0 Å². The molecule has 140 valence electrons. The van der Waals surface area contributed by atoms with Crippen LogP contribution in [0.15, 0.2) is 24.3 Å². The first kappa shape index (κ1) is 18.1. The van der Waals surface area contributed by atoms with Gasteiger partial charge in [0.05, 0.1) is 11.6 Å². The van der Waals surface area contributed by atoms with Gasteiger partial charge in [-0.3, -0.25) is 0 Å². The summed E-state index contributed by atoms with van der Waals surface area (Å²) in [5, 5.41) is 9.00. The molecule has 4 rings (SSSR count). The average molecular weight is 350 g/mol. The molecule has 0 N–H and O–H groups in total. The van der Waals surface area contributed by atoms with Crippen molar-refractivity contribution in [2.45, 2.75) is 83.5 Å². The number of benzene rings is 1. The summed E-state index contributed by atoms with van der Waals surface area (Å²) in [4.78, 5) is 0. The minimum Gasteiger partial charge on any atom is -0.192 e. The van der Waals surface area contributed by atoms with E-state index in [9.17, 15) is 0 Å². The third-order valence-corrected chi connectivity index (χ3v) is 8.30. The fourth-order valence-electron chi connectivity index (χ4n) is 6.55. The molecule has 3 aliphatic rings. The topological polar surface area (TPSA) is 23.8 Å². The van der Waals surface area contributed by atoms with E-state index < -0.39 is 0 Å². The van der Waals surface area contributed by atoms with Gasteiger partial charge in [-0.25, -0.2) is 0 Å². The first-order valence-corrected chi connectivity index (χ1v) is 11.3. The van der Waals surface area contributed by atoms with Gasteiger partial charge in [0, 0.05) is 0 Å². The molecule has 0 aromatic heterocycles. The van der Waals surface area contributed by atoms with Crippen LogP contribution in [0, 0.1) is 40.9 Å². The first-order chi connectivity index (χ1) is 12.8. The van der Waals surface area contributed by atoms with E-state index in [-0.39, 0.29) is 0 Å². The Bertz CT molecular complexity index is 617. The van der Waals surface area contributed by atoms with Crippen LogP contribution in [0.1, 0.15) is 94.6 Å². The molecule has 1 aromatic rings. The lowest BCUT2D eigenvalue weighted by Gasteiger charge is -2.45. The van der Waals surface area contributed by atoms with Crippen molar-refractivity contribution in [3.8, 4) is 6.07 Å². The molecular formula is C25H35N. The summed E-state index contributed by atoms with van der Waals surface area (Å²) < 4.78 is 0. The van der Waals surface area contributed by atoms with E-state index in [2.05, 4.69) is 25.1 Å². The molecule has 0 bridgehead atoms. The van der Waals surface area contributed by atoms with Crippen LogP contribution in [-0.2, 0) is 0 Å². The summed E-state index contributed by atoms with van der Waals surface area (Å²) in [6.45, 7) is 2.38. The van der Waals surface area contributed by atoms with Gasteiger partial charge in [0.1, 0.15) is 0 Å². The minimum absolute atomic E-state index is 0.737. The normalized spacial score (nSPS) is 37.5. The van der Waals surface area contributed by atoms with Gasteiger partial charge in [0.25, 0.3) is 0 Å². The highest BCUT2D eigenvalue weighted by atomic mass is 14.4. The van der Waals surface area contributed by atoms with Gasteiger partial charge in [-0.1, -0.05) is 38.3 Å². The van der Waals surface area contributed by atoms with Crippen molar-refractivity contribution in [2.24, 2.45) is 29.6 Å². The van der Waals surface area contributed by atoms with Crippen LogP contribution in [0.3, 0.4) is 0 Å². The molecular weight excluding hydrogens is 314 g/mol. The Kier molecular flexibility index (Phi) is 5.68. The summed E-state index contributed by atoms with van der Waals surface area (Å²) in [6, 6.07) is 10.7. The fourth-order valence-corrected chi connectivity index (χ4v) is 6.55. The maximum atomic E-state index is 9.00. The Hall–Kier alpha value is -1.29. The third-order valence-electron chi connectivity index (χ3n) is 8.30. The van der Waals surface area contributed by atoms with Crippen molar-refractivity contribution in [2.75, 3.05) is 0 Å². The van der Waals surface area contributed by atoms with E-state index in [4.69, 9.17) is 5.26 Å². The highest BCUT2D eigenvalue weighted by molar-refractivity contribution is 5.33. The zero-order valence-electron chi connectivity index (χ0n) is 16.5. The summed E-state index contributed by atoms with van der Waals surface area (Å²) in [7, 11) is 0. The van der Waals surface area contributed by atoms with Gasteiger partial charge < -0.3 is 0 Å².